The summed E-state index contributed by atoms with van der Waals surface area (Å²) in [4.78, 5) is 0. The fourth-order valence-electron chi connectivity index (χ4n) is 2.23. The molecule has 16 heavy (non-hydrogen) atoms. The standard InChI is InChI=1S/C14H22N2/c1-11(7-8-15)10-16-14-9-13(14)12-5-3-2-4-6-12/h2-6,11,13-14,16H,7-10,15H2,1H3. The Hall–Kier alpha value is -0.860. The van der Waals surface area contributed by atoms with Crippen LogP contribution in [0.3, 0.4) is 0 Å². The van der Waals surface area contributed by atoms with E-state index in [9.17, 15) is 0 Å². The van der Waals surface area contributed by atoms with E-state index < -0.39 is 0 Å². The van der Waals surface area contributed by atoms with Gasteiger partial charge in [0.05, 0.1) is 0 Å². The van der Waals surface area contributed by atoms with Crippen LogP contribution in [0.5, 0.6) is 0 Å². The van der Waals surface area contributed by atoms with E-state index in [1.807, 2.05) is 0 Å². The third kappa shape index (κ3) is 3.06. The third-order valence-electron chi connectivity index (χ3n) is 3.41. The molecule has 1 aromatic carbocycles. The largest absolute Gasteiger partial charge is 0.330 e. The normalized spacial score (nSPS) is 25.4. The molecule has 2 rings (SSSR count). The van der Waals surface area contributed by atoms with Gasteiger partial charge in [-0.1, -0.05) is 37.3 Å². The molecule has 1 aliphatic rings. The van der Waals surface area contributed by atoms with Crippen LogP contribution >= 0.6 is 0 Å². The Labute approximate surface area is 98.2 Å². The van der Waals surface area contributed by atoms with Gasteiger partial charge in [-0.3, -0.25) is 0 Å². The van der Waals surface area contributed by atoms with Crippen molar-refractivity contribution in [2.75, 3.05) is 13.1 Å². The molecule has 0 spiro atoms. The zero-order chi connectivity index (χ0) is 11.4. The smallest absolute Gasteiger partial charge is 0.0143 e. The lowest BCUT2D eigenvalue weighted by atomic mass is 10.1. The number of nitrogens with one attached hydrogen (secondary N) is 1. The number of nitrogens with two attached hydrogens (primary N) is 1. The molecule has 0 heterocycles. The van der Waals surface area contributed by atoms with Crippen LogP contribution < -0.4 is 11.1 Å². The molecule has 88 valence electrons. The van der Waals surface area contributed by atoms with E-state index >= 15 is 0 Å². The Morgan fingerprint density at radius 2 is 2.12 bits per heavy atom. The molecule has 0 bridgehead atoms. The monoisotopic (exact) mass is 218 g/mol. The summed E-state index contributed by atoms with van der Waals surface area (Å²) in [5.41, 5.74) is 7.02. The first-order valence-electron chi connectivity index (χ1n) is 6.29. The van der Waals surface area contributed by atoms with Gasteiger partial charge in [-0.25, -0.2) is 0 Å². The highest BCUT2D eigenvalue weighted by molar-refractivity contribution is 5.27. The summed E-state index contributed by atoms with van der Waals surface area (Å²) in [5, 5.41) is 3.63. The molecule has 1 aromatic rings. The third-order valence-corrected chi connectivity index (χ3v) is 3.41. The van der Waals surface area contributed by atoms with Crippen LogP contribution in [0.2, 0.25) is 0 Å². The fraction of sp³-hybridized carbons (Fsp3) is 0.571. The van der Waals surface area contributed by atoms with Gasteiger partial charge in [0.1, 0.15) is 0 Å². The highest BCUT2D eigenvalue weighted by atomic mass is 15.0. The summed E-state index contributed by atoms with van der Waals surface area (Å²) in [6.45, 7) is 4.17. The molecule has 1 aliphatic carbocycles. The quantitative estimate of drug-likeness (QED) is 0.767. The minimum absolute atomic E-state index is 0.696. The van der Waals surface area contributed by atoms with Gasteiger partial charge in [0, 0.05) is 12.0 Å². The highest BCUT2D eigenvalue weighted by Crippen LogP contribution is 2.40. The molecule has 0 radical (unpaired) electrons. The van der Waals surface area contributed by atoms with Crippen LogP contribution in [-0.4, -0.2) is 19.1 Å². The van der Waals surface area contributed by atoms with Gasteiger partial charge in [-0.2, -0.15) is 0 Å². The van der Waals surface area contributed by atoms with Gasteiger partial charge in [0.2, 0.25) is 0 Å². The predicted octanol–water partition coefficient (Wildman–Crippen LogP) is 2.12. The summed E-state index contributed by atoms with van der Waals surface area (Å²) >= 11 is 0. The molecule has 2 heteroatoms. The predicted molar refractivity (Wildman–Crippen MR) is 68.4 cm³/mol. The van der Waals surface area contributed by atoms with Gasteiger partial charge in [-0.05, 0) is 37.4 Å². The molecular formula is C14H22N2. The van der Waals surface area contributed by atoms with E-state index in [-0.39, 0.29) is 0 Å². The van der Waals surface area contributed by atoms with E-state index in [4.69, 9.17) is 5.73 Å². The Bertz CT molecular complexity index is 310. The Morgan fingerprint density at radius 1 is 1.38 bits per heavy atom. The summed E-state index contributed by atoms with van der Waals surface area (Å²) in [5.74, 6) is 1.44. The van der Waals surface area contributed by atoms with Gasteiger partial charge >= 0.3 is 0 Å². The molecule has 3 unspecified atom stereocenters. The number of hydrogen-bond acceptors (Lipinski definition) is 2. The summed E-state index contributed by atoms with van der Waals surface area (Å²) in [6, 6.07) is 11.5. The maximum absolute atomic E-state index is 5.54. The molecular weight excluding hydrogens is 196 g/mol. The first-order chi connectivity index (χ1) is 7.81. The molecule has 1 saturated carbocycles. The lowest BCUT2D eigenvalue weighted by molar-refractivity contribution is 0.482. The SMILES string of the molecule is CC(CCN)CNC1CC1c1ccccc1. The van der Waals surface area contributed by atoms with Crippen LogP contribution in [0.25, 0.3) is 0 Å². The van der Waals surface area contributed by atoms with Crippen molar-refractivity contribution in [1.82, 2.24) is 5.32 Å². The maximum Gasteiger partial charge on any atom is 0.0143 e. The number of hydrogen-bond donors (Lipinski definition) is 2. The highest BCUT2D eigenvalue weighted by Gasteiger charge is 2.37. The van der Waals surface area contributed by atoms with Crippen molar-refractivity contribution in [2.45, 2.75) is 31.7 Å². The van der Waals surface area contributed by atoms with Gasteiger partial charge in [0.25, 0.3) is 0 Å². The van der Waals surface area contributed by atoms with E-state index in [2.05, 4.69) is 42.6 Å². The van der Waals surface area contributed by atoms with Crippen molar-refractivity contribution < 1.29 is 0 Å². The molecule has 0 aromatic heterocycles. The zero-order valence-corrected chi connectivity index (χ0v) is 10.0. The second-order valence-electron chi connectivity index (χ2n) is 4.95. The van der Waals surface area contributed by atoms with Crippen LogP contribution in [0.15, 0.2) is 30.3 Å². The lowest BCUT2D eigenvalue weighted by Crippen LogP contribution is -2.25. The van der Waals surface area contributed by atoms with E-state index in [1.165, 1.54) is 12.0 Å². The second kappa shape index (κ2) is 5.46. The summed E-state index contributed by atoms with van der Waals surface area (Å²) in [6.07, 6.45) is 2.41. The second-order valence-corrected chi connectivity index (χ2v) is 4.95. The molecule has 0 saturated heterocycles. The lowest BCUT2D eigenvalue weighted by Gasteiger charge is -2.11. The van der Waals surface area contributed by atoms with Crippen molar-refractivity contribution in [3.05, 3.63) is 35.9 Å². The maximum atomic E-state index is 5.54. The summed E-state index contributed by atoms with van der Waals surface area (Å²) < 4.78 is 0. The molecule has 3 atom stereocenters. The van der Waals surface area contributed by atoms with E-state index in [0.29, 0.717) is 12.0 Å². The van der Waals surface area contributed by atoms with E-state index in [1.54, 1.807) is 0 Å². The Morgan fingerprint density at radius 3 is 2.81 bits per heavy atom. The van der Waals surface area contributed by atoms with Crippen LogP contribution in [0, 0.1) is 5.92 Å². The fourth-order valence-corrected chi connectivity index (χ4v) is 2.23. The Kier molecular flexibility index (Phi) is 3.97. The van der Waals surface area contributed by atoms with Crippen molar-refractivity contribution in [3.8, 4) is 0 Å². The number of rotatable bonds is 6. The van der Waals surface area contributed by atoms with Gasteiger partial charge in [-0.15, -0.1) is 0 Å². The van der Waals surface area contributed by atoms with Crippen molar-refractivity contribution >= 4 is 0 Å². The summed E-state index contributed by atoms with van der Waals surface area (Å²) in [7, 11) is 0. The van der Waals surface area contributed by atoms with Crippen LogP contribution in [-0.2, 0) is 0 Å². The average Bonchev–Trinajstić information content (AvgIpc) is 3.07. The minimum Gasteiger partial charge on any atom is -0.330 e. The molecule has 0 aliphatic heterocycles. The van der Waals surface area contributed by atoms with Gasteiger partial charge in [0.15, 0.2) is 0 Å². The minimum atomic E-state index is 0.696. The molecule has 0 amide bonds. The van der Waals surface area contributed by atoms with E-state index in [0.717, 1.165) is 25.4 Å². The van der Waals surface area contributed by atoms with Crippen molar-refractivity contribution in [2.24, 2.45) is 11.7 Å². The van der Waals surface area contributed by atoms with Crippen LogP contribution in [0.1, 0.15) is 31.2 Å². The molecule has 1 fully saturated rings. The van der Waals surface area contributed by atoms with Gasteiger partial charge < -0.3 is 11.1 Å². The van der Waals surface area contributed by atoms with Crippen LogP contribution in [0.4, 0.5) is 0 Å². The first-order valence-corrected chi connectivity index (χ1v) is 6.29. The first kappa shape index (κ1) is 11.6. The number of benzene rings is 1. The topological polar surface area (TPSA) is 38.0 Å². The average molecular weight is 218 g/mol. The Balaban J connectivity index is 1.72. The molecule has 3 N–H and O–H groups in total. The zero-order valence-electron chi connectivity index (χ0n) is 10.0. The van der Waals surface area contributed by atoms with Crippen molar-refractivity contribution in [3.63, 3.8) is 0 Å². The molecule has 2 nitrogen and oxygen atoms in total. The van der Waals surface area contributed by atoms with Crippen molar-refractivity contribution in [1.29, 1.82) is 0 Å².